The second-order valence-electron chi connectivity index (χ2n) is 3.08. The van der Waals surface area contributed by atoms with Crippen molar-refractivity contribution < 1.29 is 4.79 Å². The van der Waals surface area contributed by atoms with Crippen LogP contribution in [-0.2, 0) is 17.6 Å². The minimum absolute atomic E-state index is 0.319. The van der Waals surface area contributed by atoms with Crippen LogP contribution in [0.5, 0.6) is 0 Å². The van der Waals surface area contributed by atoms with Crippen molar-refractivity contribution in [2.75, 3.05) is 0 Å². The quantitative estimate of drug-likeness (QED) is 0.611. The van der Waals surface area contributed by atoms with Crippen LogP contribution in [0.2, 0.25) is 0 Å². The maximum absolute atomic E-state index is 11.1. The van der Waals surface area contributed by atoms with Crippen molar-refractivity contribution in [3.63, 3.8) is 0 Å². The maximum Gasteiger partial charge on any atom is 0.141 e. The fourth-order valence-electron chi connectivity index (χ4n) is 1.70. The van der Waals surface area contributed by atoms with Gasteiger partial charge in [0.1, 0.15) is 5.78 Å². The van der Waals surface area contributed by atoms with E-state index < -0.39 is 0 Å². The number of Topliss-reactive ketones (excluding diaryl/α,β-unsaturated/α-hetero) is 1. The van der Waals surface area contributed by atoms with Gasteiger partial charge in [0.05, 0.1) is 0 Å². The van der Waals surface area contributed by atoms with Crippen LogP contribution in [0.15, 0.2) is 24.8 Å². The van der Waals surface area contributed by atoms with E-state index in [1.165, 1.54) is 11.1 Å². The molecule has 1 nitrogen and oxygen atoms in total. The predicted molar refractivity (Wildman–Crippen MR) is 48.9 cm³/mol. The van der Waals surface area contributed by atoms with E-state index in [0.717, 1.165) is 5.56 Å². The highest BCUT2D eigenvalue weighted by Gasteiger charge is 2.19. The molecule has 0 spiro atoms. The summed E-state index contributed by atoms with van der Waals surface area (Å²) in [6.45, 7) is 3.72. The second-order valence-corrected chi connectivity index (χ2v) is 3.08. The van der Waals surface area contributed by atoms with Gasteiger partial charge in [0, 0.05) is 12.8 Å². The van der Waals surface area contributed by atoms with Gasteiger partial charge in [0.15, 0.2) is 0 Å². The Balaban J connectivity index is 2.58. The Hall–Kier alpha value is -1.37. The van der Waals surface area contributed by atoms with E-state index >= 15 is 0 Å². The highest BCUT2D eigenvalue weighted by molar-refractivity contribution is 5.89. The van der Waals surface area contributed by atoms with Crippen molar-refractivity contribution in [3.05, 3.63) is 41.5 Å². The van der Waals surface area contributed by atoms with Gasteiger partial charge in [-0.15, -0.1) is 0 Å². The number of ketones is 1. The molecule has 0 aliphatic heterocycles. The zero-order chi connectivity index (χ0) is 8.55. The fourth-order valence-corrected chi connectivity index (χ4v) is 1.70. The molecule has 0 unspecified atom stereocenters. The van der Waals surface area contributed by atoms with Gasteiger partial charge in [-0.25, -0.2) is 0 Å². The molecule has 0 amide bonds. The minimum Gasteiger partial charge on any atom is -0.299 e. The Morgan fingerprint density at radius 1 is 1.33 bits per heavy atom. The third-order valence-corrected chi connectivity index (χ3v) is 2.29. The van der Waals surface area contributed by atoms with Crippen molar-refractivity contribution >= 4 is 11.9 Å². The SMILES string of the molecule is C=Cc1cccc2c1CC(=O)C2. The molecule has 1 aliphatic rings. The Morgan fingerprint density at radius 3 is 2.92 bits per heavy atom. The summed E-state index contributed by atoms with van der Waals surface area (Å²) in [5, 5.41) is 0. The van der Waals surface area contributed by atoms with Crippen LogP contribution in [0.1, 0.15) is 16.7 Å². The molecular formula is C11H10O. The van der Waals surface area contributed by atoms with Crippen LogP contribution >= 0.6 is 0 Å². The molecule has 0 bridgehead atoms. The topological polar surface area (TPSA) is 17.1 Å². The fraction of sp³-hybridized carbons (Fsp3) is 0.182. The van der Waals surface area contributed by atoms with Gasteiger partial charge in [0.25, 0.3) is 0 Å². The normalized spacial score (nSPS) is 14.5. The van der Waals surface area contributed by atoms with Crippen LogP contribution < -0.4 is 0 Å². The lowest BCUT2D eigenvalue weighted by molar-refractivity contribution is -0.117. The highest BCUT2D eigenvalue weighted by Crippen LogP contribution is 2.23. The average molecular weight is 158 g/mol. The molecule has 0 aromatic heterocycles. The van der Waals surface area contributed by atoms with E-state index in [4.69, 9.17) is 0 Å². The van der Waals surface area contributed by atoms with Gasteiger partial charge < -0.3 is 0 Å². The number of rotatable bonds is 1. The molecule has 12 heavy (non-hydrogen) atoms. The standard InChI is InChI=1S/C11H10O/c1-2-8-4-3-5-9-6-10(12)7-11(8)9/h2-5H,1,6-7H2. The number of hydrogen-bond donors (Lipinski definition) is 0. The average Bonchev–Trinajstić information content (AvgIpc) is 2.44. The summed E-state index contributed by atoms with van der Waals surface area (Å²) in [5.74, 6) is 0.319. The summed E-state index contributed by atoms with van der Waals surface area (Å²) in [7, 11) is 0. The Kier molecular flexibility index (Phi) is 1.58. The largest absolute Gasteiger partial charge is 0.299 e. The zero-order valence-electron chi connectivity index (χ0n) is 6.84. The first-order valence-corrected chi connectivity index (χ1v) is 4.06. The van der Waals surface area contributed by atoms with Crippen molar-refractivity contribution in [1.82, 2.24) is 0 Å². The van der Waals surface area contributed by atoms with Crippen LogP contribution in [0.25, 0.3) is 6.08 Å². The van der Waals surface area contributed by atoms with Gasteiger partial charge >= 0.3 is 0 Å². The van der Waals surface area contributed by atoms with Crippen LogP contribution in [0.4, 0.5) is 0 Å². The van der Waals surface area contributed by atoms with Crippen LogP contribution in [-0.4, -0.2) is 5.78 Å². The number of fused-ring (bicyclic) bond motifs is 1. The lowest BCUT2D eigenvalue weighted by Gasteiger charge is -2.00. The Morgan fingerprint density at radius 2 is 2.17 bits per heavy atom. The monoisotopic (exact) mass is 158 g/mol. The van der Waals surface area contributed by atoms with Crippen molar-refractivity contribution in [2.24, 2.45) is 0 Å². The predicted octanol–water partition coefficient (Wildman–Crippen LogP) is 2.00. The Labute approximate surface area is 71.7 Å². The lowest BCUT2D eigenvalue weighted by atomic mass is 10.0. The summed E-state index contributed by atoms with van der Waals surface area (Å²) in [6.07, 6.45) is 3.02. The molecule has 0 atom stereocenters. The van der Waals surface area contributed by atoms with Gasteiger partial charge in [-0.1, -0.05) is 30.9 Å². The molecular weight excluding hydrogens is 148 g/mol. The van der Waals surface area contributed by atoms with Crippen molar-refractivity contribution in [3.8, 4) is 0 Å². The molecule has 60 valence electrons. The third kappa shape index (κ3) is 0.981. The molecule has 0 saturated carbocycles. The first-order valence-electron chi connectivity index (χ1n) is 4.06. The second kappa shape index (κ2) is 2.59. The maximum atomic E-state index is 11.1. The first-order chi connectivity index (χ1) is 5.81. The van der Waals surface area contributed by atoms with E-state index in [1.807, 2.05) is 24.3 Å². The number of carbonyl (C=O) groups excluding carboxylic acids is 1. The highest BCUT2D eigenvalue weighted by atomic mass is 16.1. The molecule has 1 aromatic carbocycles. The van der Waals surface area contributed by atoms with Crippen molar-refractivity contribution in [1.29, 1.82) is 0 Å². The summed E-state index contributed by atoms with van der Waals surface area (Å²) in [5.41, 5.74) is 3.47. The number of carbonyl (C=O) groups is 1. The summed E-state index contributed by atoms with van der Waals surface area (Å²) < 4.78 is 0. The molecule has 0 fully saturated rings. The molecule has 1 heteroatoms. The van der Waals surface area contributed by atoms with Gasteiger partial charge in [-0.3, -0.25) is 4.79 Å². The molecule has 0 heterocycles. The summed E-state index contributed by atoms with van der Waals surface area (Å²) >= 11 is 0. The van der Waals surface area contributed by atoms with Crippen LogP contribution in [0.3, 0.4) is 0 Å². The van der Waals surface area contributed by atoms with Gasteiger partial charge in [-0.05, 0) is 16.7 Å². The zero-order valence-corrected chi connectivity index (χ0v) is 6.84. The summed E-state index contributed by atoms with van der Waals surface area (Å²) in [4.78, 5) is 11.1. The van der Waals surface area contributed by atoms with Gasteiger partial charge in [-0.2, -0.15) is 0 Å². The Bertz CT molecular complexity index is 350. The lowest BCUT2D eigenvalue weighted by Crippen LogP contribution is -1.93. The molecule has 1 aromatic rings. The van der Waals surface area contributed by atoms with E-state index in [1.54, 1.807) is 0 Å². The molecule has 0 radical (unpaired) electrons. The van der Waals surface area contributed by atoms with Gasteiger partial charge in [0.2, 0.25) is 0 Å². The summed E-state index contributed by atoms with van der Waals surface area (Å²) in [6, 6.07) is 6.01. The van der Waals surface area contributed by atoms with E-state index in [9.17, 15) is 4.79 Å². The first kappa shape index (κ1) is 7.29. The van der Waals surface area contributed by atoms with E-state index in [2.05, 4.69) is 6.58 Å². The van der Waals surface area contributed by atoms with Crippen molar-refractivity contribution in [2.45, 2.75) is 12.8 Å². The molecule has 0 N–H and O–H groups in total. The molecule has 0 saturated heterocycles. The number of hydrogen-bond acceptors (Lipinski definition) is 1. The van der Waals surface area contributed by atoms with Crippen LogP contribution in [0, 0.1) is 0 Å². The molecule has 1 aliphatic carbocycles. The minimum atomic E-state index is 0.319. The van der Waals surface area contributed by atoms with E-state index in [0.29, 0.717) is 18.6 Å². The number of benzene rings is 1. The van der Waals surface area contributed by atoms with E-state index in [-0.39, 0.29) is 0 Å². The smallest absolute Gasteiger partial charge is 0.141 e. The third-order valence-electron chi connectivity index (χ3n) is 2.29. The molecule has 2 rings (SSSR count).